The van der Waals surface area contributed by atoms with E-state index in [2.05, 4.69) is 11.8 Å². The molecule has 2 rings (SSSR count). The molecule has 1 aromatic heterocycles. The first-order valence-electron chi connectivity index (χ1n) is 6.22. The molecule has 1 aliphatic carbocycles. The lowest BCUT2D eigenvalue weighted by Crippen LogP contribution is -2.36. The van der Waals surface area contributed by atoms with Gasteiger partial charge in [0.15, 0.2) is 0 Å². The molecule has 4 nitrogen and oxygen atoms in total. The zero-order chi connectivity index (χ0) is 13.1. The summed E-state index contributed by atoms with van der Waals surface area (Å²) >= 11 is 1.34. The summed E-state index contributed by atoms with van der Waals surface area (Å²) in [5.41, 5.74) is 0. The Morgan fingerprint density at radius 2 is 2.33 bits per heavy atom. The highest BCUT2D eigenvalue weighted by Crippen LogP contribution is 2.38. The molecule has 1 saturated carbocycles. The highest BCUT2D eigenvalue weighted by Gasteiger charge is 2.32. The van der Waals surface area contributed by atoms with Gasteiger partial charge < -0.3 is 14.7 Å². The van der Waals surface area contributed by atoms with Crippen LogP contribution in [0.25, 0.3) is 0 Å². The van der Waals surface area contributed by atoms with E-state index in [1.165, 1.54) is 24.2 Å². The van der Waals surface area contributed by atoms with Gasteiger partial charge in [-0.1, -0.05) is 0 Å². The van der Waals surface area contributed by atoms with Crippen LogP contribution < -0.4 is 4.90 Å². The summed E-state index contributed by atoms with van der Waals surface area (Å²) < 4.78 is 5.15. The van der Waals surface area contributed by atoms with Crippen LogP contribution in [0.5, 0.6) is 0 Å². The molecule has 18 heavy (non-hydrogen) atoms. The van der Waals surface area contributed by atoms with E-state index < -0.39 is 5.97 Å². The molecule has 0 aromatic carbocycles. The lowest BCUT2D eigenvalue weighted by atomic mass is 10.2. The number of carboxylic acid groups (broad SMARTS) is 1. The summed E-state index contributed by atoms with van der Waals surface area (Å²) in [6.45, 7) is 3.69. The third-order valence-electron chi connectivity index (χ3n) is 3.42. The summed E-state index contributed by atoms with van der Waals surface area (Å²) in [4.78, 5) is 13.6. The van der Waals surface area contributed by atoms with Crippen LogP contribution in [0.15, 0.2) is 12.1 Å². The largest absolute Gasteiger partial charge is 0.477 e. The molecule has 0 radical (unpaired) electrons. The van der Waals surface area contributed by atoms with E-state index in [1.807, 2.05) is 6.07 Å². The molecule has 1 aliphatic rings. The lowest BCUT2D eigenvalue weighted by Gasteiger charge is -2.29. The van der Waals surface area contributed by atoms with Crippen LogP contribution in [0.2, 0.25) is 0 Å². The monoisotopic (exact) mass is 269 g/mol. The molecule has 0 amide bonds. The molecule has 0 aliphatic heterocycles. The molecule has 0 spiro atoms. The molecule has 1 N–H and O–H groups in total. The fourth-order valence-electron chi connectivity index (χ4n) is 2.13. The van der Waals surface area contributed by atoms with Crippen LogP contribution in [0, 0.1) is 5.92 Å². The molecule has 5 heteroatoms. The van der Waals surface area contributed by atoms with E-state index in [0.29, 0.717) is 17.5 Å². The molecule has 100 valence electrons. The quantitative estimate of drug-likeness (QED) is 0.827. The SMILES string of the molecule is COCCN(c1ccc(C(=O)O)s1)C(C)C1CC1. The number of thiophene rings is 1. The maximum atomic E-state index is 10.9. The highest BCUT2D eigenvalue weighted by atomic mass is 32.1. The Bertz CT molecular complexity index is 414. The molecule has 1 heterocycles. The van der Waals surface area contributed by atoms with E-state index in [0.717, 1.165) is 17.5 Å². The normalized spacial score (nSPS) is 16.6. The standard InChI is InChI=1S/C13H19NO3S/c1-9(10-3-4-10)14(7-8-17-2)12-6-5-11(18-12)13(15)16/h5-6,9-10H,3-4,7-8H2,1-2H3,(H,15,16). The van der Waals surface area contributed by atoms with Crippen molar-refractivity contribution in [3.05, 3.63) is 17.0 Å². The minimum atomic E-state index is -0.850. The highest BCUT2D eigenvalue weighted by molar-refractivity contribution is 7.17. The van der Waals surface area contributed by atoms with Crippen molar-refractivity contribution in [3.8, 4) is 0 Å². The van der Waals surface area contributed by atoms with E-state index in [9.17, 15) is 4.79 Å². The zero-order valence-corrected chi connectivity index (χ0v) is 11.6. The van der Waals surface area contributed by atoms with Crippen molar-refractivity contribution in [2.24, 2.45) is 5.92 Å². The number of carboxylic acids is 1. The average Bonchev–Trinajstić information content (AvgIpc) is 3.08. The Balaban J connectivity index is 2.12. The van der Waals surface area contributed by atoms with Gasteiger partial charge in [-0.3, -0.25) is 0 Å². The van der Waals surface area contributed by atoms with Crippen LogP contribution in [-0.4, -0.2) is 37.4 Å². The second-order valence-electron chi connectivity index (χ2n) is 4.71. The maximum absolute atomic E-state index is 10.9. The van der Waals surface area contributed by atoms with Gasteiger partial charge in [0.1, 0.15) is 4.88 Å². The number of hydrogen-bond acceptors (Lipinski definition) is 4. The maximum Gasteiger partial charge on any atom is 0.345 e. The van der Waals surface area contributed by atoms with Crippen LogP contribution in [0.1, 0.15) is 29.4 Å². The lowest BCUT2D eigenvalue weighted by molar-refractivity contribution is 0.0702. The Morgan fingerprint density at radius 3 is 2.83 bits per heavy atom. The van der Waals surface area contributed by atoms with E-state index >= 15 is 0 Å². The van der Waals surface area contributed by atoms with Crippen LogP contribution in [0.3, 0.4) is 0 Å². The Labute approximate surface area is 111 Å². The van der Waals surface area contributed by atoms with Gasteiger partial charge in [-0.15, -0.1) is 11.3 Å². The summed E-state index contributed by atoms with van der Waals surface area (Å²) in [6, 6.07) is 4.05. The molecule has 1 aromatic rings. The molecule has 1 atom stereocenters. The van der Waals surface area contributed by atoms with Crippen molar-refractivity contribution in [2.45, 2.75) is 25.8 Å². The van der Waals surface area contributed by atoms with Crippen molar-refractivity contribution in [3.63, 3.8) is 0 Å². The molecular formula is C13H19NO3S. The minimum absolute atomic E-state index is 0.399. The molecule has 0 saturated heterocycles. The first-order valence-corrected chi connectivity index (χ1v) is 7.04. The van der Waals surface area contributed by atoms with Crippen molar-refractivity contribution in [1.29, 1.82) is 0 Å². The number of anilines is 1. The summed E-state index contributed by atoms with van der Waals surface area (Å²) in [5.74, 6) is -0.103. The van der Waals surface area contributed by atoms with Gasteiger partial charge >= 0.3 is 5.97 Å². The number of nitrogens with zero attached hydrogens (tertiary/aromatic N) is 1. The number of rotatable bonds is 7. The van der Waals surface area contributed by atoms with Gasteiger partial charge in [0.2, 0.25) is 0 Å². The number of carbonyl (C=O) groups is 1. The summed E-state index contributed by atoms with van der Waals surface area (Å²) in [7, 11) is 1.69. The number of aromatic carboxylic acids is 1. The first-order chi connectivity index (χ1) is 8.63. The van der Waals surface area contributed by atoms with E-state index in [4.69, 9.17) is 9.84 Å². The second-order valence-corrected chi connectivity index (χ2v) is 5.77. The number of hydrogen-bond donors (Lipinski definition) is 1. The molecule has 0 bridgehead atoms. The van der Waals surface area contributed by atoms with Gasteiger partial charge in [-0.05, 0) is 37.8 Å². The summed E-state index contributed by atoms with van der Waals surface area (Å²) in [6.07, 6.45) is 2.56. The molecular weight excluding hydrogens is 250 g/mol. The Kier molecular flexibility index (Phi) is 4.24. The smallest absolute Gasteiger partial charge is 0.345 e. The van der Waals surface area contributed by atoms with Crippen LogP contribution >= 0.6 is 11.3 Å². The summed E-state index contributed by atoms with van der Waals surface area (Å²) in [5, 5.41) is 10.0. The first kappa shape index (κ1) is 13.4. The predicted molar refractivity (Wildman–Crippen MR) is 72.7 cm³/mol. The van der Waals surface area contributed by atoms with Gasteiger partial charge in [-0.25, -0.2) is 4.79 Å². The van der Waals surface area contributed by atoms with Gasteiger partial charge in [0, 0.05) is 19.7 Å². The topological polar surface area (TPSA) is 49.8 Å². The number of ether oxygens (including phenoxy) is 1. The second kappa shape index (κ2) is 5.71. The van der Waals surface area contributed by atoms with Crippen molar-refractivity contribution >= 4 is 22.3 Å². The third-order valence-corrected chi connectivity index (χ3v) is 4.53. The average molecular weight is 269 g/mol. The van der Waals surface area contributed by atoms with Gasteiger partial charge in [0.05, 0.1) is 11.6 Å². The fourth-order valence-corrected chi connectivity index (χ4v) is 3.09. The zero-order valence-electron chi connectivity index (χ0n) is 10.8. The Hall–Kier alpha value is -1.07. The van der Waals surface area contributed by atoms with Crippen LogP contribution in [0.4, 0.5) is 5.00 Å². The Morgan fingerprint density at radius 1 is 1.61 bits per heavy atom. The van der Waals surface area contributed by atoms with Crippen LogP contribution in [-0.2, 0) is 4.74 Å². The van der Waals surface area contributed by atoms with Crippen molar-refractivity contribution in [2.75, 3.05) is 25.2 Å². The fraction of sp³-hybridized carbons (Fsp3) is 0.615. The molecule has 1 fully saturated rings. The predicted octanol–water partition coefficient (Wildman–Crippen LogP) is 2.70. The molecule has 1 unspecified atom stereocenters. The van der Waals surface area contributed by atoms with E-state index in [1.54, 1.807) is 13.2 Å². The number of methoxy groups -OCH3 is 1. The van der Waals surface area contributed by atoms with Gasteiger partial charge in [-0.2, -0.15) is 0 Å². The van der Waals surface area contributed by atoms with Gasteiger partial charge in [0.25, 0.3) is 0 Å². The van der Waals surface area contributed by atoms with Crippen molar-refractivity contribution < 1.29 is 14.6 Å². The van der Waals surface area contributed by atoms with Crippen molar-refractivity contribution in [1.82, 2.24) is 0 Å². The minimum Gasteiger partial charge on any atom is -0.477 e. The third kappa shape index (κ3) is 3.03. The van der Waals surface area contributed by atoms with E-state index in [-0.39, 0.29) is 0 Å².